The molecule has 1 N–H and O–H groups in total. The van der Waals surface area contributed by atoms with Gasteiger partial charge in [0, 0.05) is 50.7 Å². The van der Waals surface area contributed by atoms with Crippen molar-refractivity contribution in [3.63, 3.8) is 0 Å². The van der Waals surface area contributed by atoms with Crippen LogP contribution in [-0.2, 0) is 6.18 Å². The molecule has 158 valence electrons. The summed E-state index contributed by atoms with van der Waals surface area (Å²) >= 11 is 0. The van der Waals surface area contributed by atoms with Crippen LogP contribution in [0, 0.1) is 11.8 Å². The van der Waals surface area contributed by atoms with Gasteiger partial charge in [0.15, 0.2) is 5.96 Å². The Kier molecular flexibility index (Phi) is 7.12. The second kappa shape index (κ2) is 9.96. The van der Waals surface area contributed by atoms with Gasteiger partial charge in [0.25, 0.3) is 0 Å². The second-order valence-corrected chi connectivity index (χ2v) is 6.57. The largest absolute Gasteiger partial charge is 0.416 e. The molecule has 30 heavy (non-hydrogen) atoms. The van der Waals surface area contributed by atoms with Crippen LogP contribution in [0.4, 0.5) is 19.1 Å². The molecule has 0 aliphatic carbocycles. The highest BCUT2D eigenvalue weighted by Crippen LogP contribution is 2.29. The average molecular weight is 416 g/mol. The lowest BCUT2D eigenvalue weighted by atomic mass is 10.1. The number of anilines is 1. The molecule has 0 saturated carbocycles. The van der Waals surface area contributed by atoms with Gasteiger partial charge in [-0.3, -0.25) is 0 Å². The fourth-order valence-corrected chi connectivity index (χ4v) is 3.03. The van der Waals surface area contributed by atoms with Crippen molar-refractivity contribution in [1.29, 1.82) is 0 Å². The van der Waals surface area contributed by atoms with Gasteiger partial charge < -0.3 is 15.1 Å². The number of piperazine rings is 1. The predicted octanol–water partition coefficient (Wildman–Crippen LogP) is 2.63. The molecule has 0 radical (unpaired) electrons. The molecule has 3 rings (SSSR count). The first-order valence-electron chi connectivity index (χ1n) is 9.68. The van der Waals surface area contributed by atoms with Crippen LogP contribution in [-0.4, -0.2) is 60.1 Å². The molecular weight excluding hydrogens is 393 g/mol. The van der Waals surface area contributed by atoms with Crippen LogP contribution in [0.15, 0.2) is 47.7 Å². The van der Waals surface area contributed by atoms with Gasteiger partial charge >= 0.3 is 6.18 Å². The summed E-state index contributed by atoms with van der Waals surface area (Å²) in [5, 5.41) is 3.24. The van der Waals surface area contributed by atoms with E-state index in [1.54, 1.807) is 24.5 Å². The van der Waals surface area contributed by atoms with Gasteiger partial charge in [-0.25, -0.2) is 15.0 Å². The molecule has 2 aromatic rings. The van der Waals surface area contributed by atoms with Crippen LogP contribution in [0.2, 0.25) is 0 Å². The molecule has 2 heterocycles. The van der Waals surface area contributed by atoms with Crippen LogP contribution in [0.3, 0.4) is 0 Å². The third-order valence-electron chi connectivity index (χ3n) is 4.48. The summed E-state index contributed by atoms with van der Waals surface area (Å²) in [4.78, 5) is 17.3. The van der Waals surface area contributed by atoms with E-state index in [2.05, 4.69) is 41.9 Å². The van der Waals surface area contributed by atoms with E-state index in [1.807, 2.05) is 6.92 Å². The fourth-order valence-electron chi connectivity index (χ4n) is 3.03. The Morgan fingerprint density at radius 3 is 2.53 bits per heavy atom. The van der Waals surface area contributed by atoms with E-state index in [-0.39, 0.29) is 6.54 Å². The lowest BCUT2D eigenvalue weighted by molar-refractivity contribution is -0.137. The van der Waals surface area contributed by atoms with Gasteiger partial charge in [-0.15, -0.1) is 0 Å². The summed E-state index contributed by atoms with van der Waals surface area (Å²) in [7, 11) is 0. The molecule has 0 unspecified atom stereocenters. The molecule has 1 aromatic heterocycles. The Balaban J connectivity index is 1.60. The number of guanidine groups is 1. The van der Waals surface area contributed by atoms with Crippen LogP contribution < -0.4 is 10.2 Å². The molecule has 6 nitrogen and oxygen atoms in total. The number of nitrogens with one attached hydrogen (secondary N) is 1. The maximum Gasteiger partial charge on any atom is 0.416 e. The van der Waals surface area contributed by atoms with Crippen molar-refractivity contribution in [1.82, 2.24) is 20.2 Å². The molecule has 0 atom stereocenters. The number of aromatic nitrogens is 2. The standard InChI is InChI=1S/C21H23F3N6/c1-2-25-19(29-12-14-30(15-13-29)20-27-10-5-11-28-20)26-9-4-7-17-6-3-8-18(16-17)21(22,23)24/h3,5-6,8,10-11,16H,2,9,12-15H2,1H3,(H,25,26). The Morgan fingerprint density at radius 1 is 1.13 bits per heavy atom. The third kappa shape index (κ3) is 5.86. The molecule has 0 bridgehead atoms. The van der Waals surface area contributed by atoms with E-state index < -0.39 is 11.7 Å². The predicted molar refractivity (Wildman–Crippen MR) is 110 cm³/mol. The Hall–Kier alpha value is -3.28. The van der Waals surface area contributed by atoms with E-state index in [9.17, 15) is 13.2 Å². The van der Waals surface area contributed by atoms with Gasteiger partial charge in [0.1, 0.15) is 6.54 Å². The number of halogens is 3. The maximum absolute atomic E-state index is 12.8. The summed E-state index contributed by atoms with van der Waals surface area (Å²) in [6.07, 6.45) is -0.923. The molecule has 1 saturated heterocycles. The summed E-state index contributed by atoms with van der Waals surface area (Å²) in [6.45, 7) is 5.94. The average Bonchev–Trinajstić information content (AvgIpc) is 2.76. The number of benzene rings is 1. The Labute approximate surface area is 173 Å². The Morgan fingerprint density at radius 2 is 1.87 bits per heavy atom. The van der Waals surface area contributed by atoms with Gasteiger partial charge in [-0.1, -0.05) is 17.9 Å². The summed E-state index contributed by atoms with van der Waals surface area (Å²) < 4.78 is 38.4. The monoisotopic (exact) mass is 416 g/mol. The van der Waals surface area contributed by atoms with E-state index >= 15 is 0 Å². The SMILES string of the molecule is CCNC(=NCC#Cc1cccc(C(F)(F)F)c1)N1CCN(c2ncccn2)CC1. The maximum atomic E-state index is 12.8. The molecule has 1 aromatic carbocycles. The van der Waals surface area contributed by atoms with E-state index in [0.717, 1.165) is 44.3 Å². The highest BCUT2D eigenvalue weighted by molar-refractivity contribution is 5.80. The molecule has 0 spiro atoms. The minimum atomic E-state index is -4.37. The molecule has 1 aliphatic heterocycles. The number of aliphatic imine (C=N–C) groups is 1. The number of hydrogen-bond acceptors (Lipinski definition) is 4. The molecule has 1 aliphatic rings. The highest BCUT2D eigenvalue weighted by atomic mass is 19.4. The zero-order valence-corrected chi connectivity index (χ0v) is 16.7. The minimum Gasteiger partial charge on any atom is -0.356 e. The van der Waals surface area contributed by atoms with Crippen molar-refractivity contribution in [3.8, 4) is 11.8 Å². The number of alkyl halides is 3. The van der Waals surface area contributed by atoms with Crippen molar-refractivity contribution in [2.45, 2.75) is 13.1 Å². The summed E-state index contributed by atoms with van der Waals surface area (Å²) in [5.41, 5.74) is -0.382. The van der Waals surface area contributed by atoms with Crippen molar-refractivity contribution in [3.05, 3.63) is 53.9 Å². The van der Waals surface area contributed by atoms with E-state index in [0.29, 0.717) is 18.1 Å². The second-order valence-electron chi connectivity index (χ2n) is 6.57. The minimum absolute atomic E-state index is 0.195. The van der Waals surface area contributed by atoms with Gasteiger partial charge in [0.2, 0.25) is 5.95 Å². The quantitative estimate of drug-likeness (QED) is 0.474. The first-order chi connectivity index (χ1) is 14.5. The van der Waals surface area contributed by atoms with Crippen molar-refractivity contribution >= 4 is 11.9 Å². The first-order valence-corrected chi connectivity index (χ1v) is 9.68. The third-order valence-corrected chi connectivity index (χ3v) is 4.48. The van der Waals surface area contributed by atoms with Crippen molar-refractivity contribution < 1.29 is 13.2 Å². The lowest BCUT2D eigenvalue weighted by Gasteiger charge is -2.36. The van der Waals surface area contributed by atoms with Crippen molar-refractivity contribution in [2.75, 3.05) is 44.2 Å². The fraction of sp³-hybridized carbons (Fsp3) is 0.381. The smallest absolute Gasteiger partial charge is 0.356 e. The zero-order chi connectivity index (χ0) is 21.4. The Bertz CT molecular complexity index is 910. The normalized spacial score (nSPS) is 14.9. The van der Waals surface area contributed by atoms with Crippen LogP contribution in [0.5, 0.6) is 0 Å². The van der Waals surface area contributed by atoms with Crippen LogP contribution in [0.25, 0.3) is 0 Å². The van der Waals surface area contributed by atoms with Gasteiger partial charge in [0.05, 0.1) is 5.56 Å². The molecule has 0 amide bonds. The molecule has 1 fully saturated rings. The van der Waals surface area contributed by atoms with Crippen LogP contribution >= 0.6 is 0 Å². The van der Waals surface area contributed by atoms with Crippen molar-refractivity contribution in [2.24, 2.45) is 4.99 Å². The van der Waals surface area contributed by atoms with E-state index in [4.69, 9.17) is 0 Å². The molecule has 9 heteroatoms. The molecular formula is C21H23F3N6. The number of hydrogen-bond donors (Lipinski definition) is 1. The van der Waals surface area contributed by atoms with Gasteiger partial charge in [-0.2, -0.15) is 13.2 Å². The van der Waals surface area contributed by atoms with Crippen LogP contribution in [0.1, 0.15) is 18.1 Å². The summed E-state index contributed by atoms with van der Waals surface area (Å²) in [5.74, 6) is 7.05. The number of nitrogens with zero attached hydrogens (tertiary/aromatic N) is 5. The number of rotatable bonds is 3. The highest BCUT2D eigenvalue weighted by Gasteiger charge is 2.30. The van der Waals surface area contributed by atoms with Gasteiger partial charge in [-0.05, 0) is 31.2 Å². The lowest BCUT2D eigenvalue weighted by Crippen LogP contribution is -2.53. The summed E-state index contributed by atoms with van der Waals surface area (Å²) in [6, 6.07) is 6.79. The zero-order valence-electron chi connectivity index (χ0n) is 16.7. The van der Waals surface area contributed by atoms with E-state index in [1.165, 1.54) is 6.07 Å². The topological polar surface area (TPSA) is 56.7 Å². The first kappa shape index (κ1) is 21.4.